The molecular weight excluding hydrogens is 206 g/mol. The highest BCUT2D eigenvalue weighted by Gasteiger charge is 2.06. The first-order chi connectivity index (χ1) is 7.65. The normalized spacial score (nSPS) is 10.8. The van der Waals surface area contributed by atoms with Crippen molar-refractivity contribution in [1.29, 1.82) is 0 Å². The summed E-state index contributed by atoms with van der Waals surface area (Å²) < 4.78 is 6.92. The Balaban J connectivity index is 2.74. The van der Waals surface area contributed by atoms with Crippen molar-refractivity contribution in [2.75, 3.05) is 20.2 Å². The van der Waals surface area contributed by atoms with E-state index in [0.717, 1.165) is 0 Å². The van der Waals surface area contributed by atoms with Gasteiger partial charge in [0.05, 0.1) is 0 Å². The smallest absolute Gasteiger partial charge is 0.313 e. The van der Waals surface area contributed by atoms with E-state index < -0.39 is 0 Å². The van der Waals surface area contributed by atoms with Crippen molar-refractivity contribution in [2.45, 2.75) is 20.4 Å². The molecule has 0 aliphatic heterocycles. The third kappa shape index (κ3) is 3.66. The Hall–Kier alpha value is -1.36. The van der Waals surface area contributed by atoms with E-state index in [1.807, 2.05) is 7.05 Å². The molecule has 5 nitrogen and oxygen atoms in total. The molecule has 1 aromatic heterocycles. The average molecular weight is 225 g/mol. The van der Waals surface area contributed by atoms with Gasteiger partial charge in [-0.25, -0.2) is 4.98 Å². The minimum absolute atomic E-state index is 0.160. The molecule has 0 aliphatic rings. The second-order valence-corrected chi connectivity index (χ2v) is 4.04. The Bertz CT molecular complexity index is 374. The molecule has 0 aliphatic carbocycles. The van der Waals surface area contributed by atoms with Gasteiger partial charge >= 0.3 is 5.56 Å². The first-order valence-electron chi connectivity index (χ1n) is 5.48. The number of ether oxygens (including phenoxy) is 1. The van der Waals surface area contributed by atoms with Gasteiger partial charge < -0.3 is 14.6 Å². The van der Waals surface area contributed by atoms with Crippen molar-refractivity contribution in [3.63, 3.8) is 0 Å². The number of hydrogen-bond donors (Lipinski definition) is 1. The molecule has 0 saturated heterocycles. The van der Waals surface area contributed by atoms with Gasteiger partial charge in [0.25, 0.3) is 5.88 Å². The highest BCUT2D eigenvalue weighted by Crippen LogP contribution is 1.99. The predicted molar refractivity (Wildman–Crippen MR) is 62.8 cm³/mol. The molecule has 0 unspecified atom stereocenters. The SMILES string of the molecule is CNCCOc1nccn(CC(C)C)c1=O. The summed E-state index contributed by atoms with van der Waals surface area (Å²) in [7, 11) is 1.83. The molecule has 0 aromatic carbocycles. The Kier molecular flexibility index (Phi) is 4.98. The molecule has 0 fully saturated rings. The fourth-order valence-electron chi connectivity index (χ4n) is 1.31. The van der Waals surface area contributed by atoms with Crippen LogP contribution in [0.1, 0.15) is 13.8 Å². The maximum atomic E-state index is 11.9. The molecule has 0 bridgehead atoms. The van der Waals surface area contributed by atoms with Crippen LogP contribution >= 0.6 is 0 Å². The van der Waals surface area contributed by atoms with Crippen LogP contribution in [0, 0.1) is 5.92 Å². The molecule has 16 heavy (non-hydrogen) atoms. The molecule has 1 N–H and O–H groups in total. The van der Waals surface area contributed by atoms with Crippen LogP contribution in [-0.4, -0.2) is 29.8 Å². The van der Waals surface area contributed by atoms with Gasteiger partial charge in [-0.15, -0.1) is 0 Å². The second-order valence-electron chi connectivity index (χ2n) is 4.04. The van der Waals surface area contributed by atoms with Crippen LogP contribution in [0.4, 0.5) is 0 Å². The minimum atomic E-state index is -0.160. The number of aromatic nitrogens is 2. The van der Waals surface area contributed by atoms with E-state index in [9.17, 15) is 4.79 Å². The van der Waals surface area contributed by atoms with Crippen LogP contribution in [0.15, 0.2) is 17.2 Å². The van der Waals surface area contributed by atoms with Crippen LogP contribution in [-0.2, 0) is 6.54 Å². The Labute approximate surface area is 95.5 Å². The van der Waals surface area contributed by atoms with E-state index in [1.165, 1.54) is 0 Å². The molecule has 90 valence electrons. The molecule has 0 amide bonds. The number of hydrogen-bond acceptors (Lipinski definition) is 4. The maximum absolute atomic E-state index is 11.9. The summed E-state index contributed by atoms with van der Waals surface area (Å²) in [6, 6.07) is 0. The first-order valence-corrected chi connectivity index (χ1v) is 5.48. The lowest BCUT2D eigenvalue weighted by Gasteiger charge is -2.10. The van der Waals surface area contributed by atoms with Crippen LogP contribution in [0.2, 0.25) is 0 Å². The summed E-state index contributed by atoms with van der Waals surface area (Å²) in [4.78, 5) is 15.8. The zero-order valence-corrected chi connectivity index (χ0v) is 10.1. The fourth-order valence-corrected chi connectivity index (χ4v) is 1.31. The Morgan fingerprint density at radius 1 is 1.56 bits per heavy atom. The van der Waals surface area contributed by atoms with Crippen molar-refractivity contribution in [3.8, 4) is 5.88 Å². The van der Waals surface area contributed by atoms with Crippen LogP contribution in [0.25, 0.3) is 0 Å². The molecular formula is C11H19N3O2. The Morgan fingerprint density at radius 3 is 2.94 bits per heavy atom. The quantitative estimate of drug-likeness (QED) is 0.716. The number of rotatable bonds is 6. The van der Waals surface area contributed by atoms with E-state index in [0.29, 0.717) is 25.6 Å². The molecule has 1 heterocycles. The van der Waals surface area contributed by atoms with Gasteiger partial charge in [-0.2, -0.15) is 0 Å². The van der Waals surface area contributed by atoms with Gasteiger partial charge in [0.15, 0.2) is 0 Å². The topological polar surface area (TPSA) is 56.1 Å². The van der Waals surface area contributed by atoms with Gasteiger partial charge in [0.1, 0.15) is 6.61 Å². The third-order valence-electron chi connectivity index (χ3n) is 2.03. The molecule has 0 atom stereocenters. The Morgan fingerprint density at radius 2 is 2.31 bits per heavy atom. The van der Waals surface area contributed by atoms with Crippen molar-refractivity contribution >= 4 is 0 Å². The van der Waals surface area contributed by atoms with Gasteiger partial charge in [0, 0.05) is 25.5 Å². The van der Waals surface area contributed by atoms with Crippen LogP contribution in [0.3, 0.4) is 0 Å². The maximum Gasteiger partial charge on any atom is 0.313 e. The van der Waals surface area contributed by atoms with Crippen LogP contribution in [0.5, 0.6) is 5.88 Å². The predicted octanol–water partition coefficient (Wildman–Crippen LogP) is 0.497. The summed E-state index contributed by atoms with van der Waals surface area (Å²) in [5.41, 5.74) is -0.160. The van der Waals surface area contributed by atoms with E-state index in [2.05, 4.69) is 24.1 Å². The number of nitrogens with one attached hydrogen (secondary N) is 1. The highest BCUT2D eigenvalue weighted by atomic mass is 16.5. The minimum Gasteiger partial charge on any atom is -0.472 e. The fraction of sp³-hybridized carbons (Fsp3) is 0.636. The largest absolute Gasteiger partial charge is 0.472 e. The number of likely N-dealkylation sites (N-methyl/N-ethyl adjacent to an activating group) is 1. The van der Waals surface area contributed by atoms with E-state index in [-0.39, 0.29) is 11.4 Å². The van der Waals surface area contributed by atoms with Gasteiger partial charge in [-0.3, -0.25) is 4.79 Å². The summed E-state index contributed by atoms with van der Waals surface area (Å²) in [6.07, 6.45) is 3.28. The lowest BCUT2D eigenvalue weighted by molar-refractivity contribution is 0.297. The van der Waals surface area contributed by atoms with Crippen molar-refractivity contribution in [2.24, 2.45) is 5.92 Å². The third-order valence-corrected chi connectivity index (χ3v) is 2.03. The molecule has 0 spiro atoms. The van der Waals surface area contributed by atoms with Crippen molar-refractivity contribution < 1.29 is 4.74 Å². The molecule has 1 rings (SSSR count). The zero-order valence-electron chi connectivity index (χ0n) is 10.1. The van der Waals surface area contributed by atoms with Gasteiger partial charge in [0.2, 0.25) is 0 Å². The van der Waals surface area contributed by atoms with Gasteiger partial charge in [-0.05, 0) is 13.0 Å². The summed E-state index contributed by atoms with van der Waals surface area (Å²) >= 11 is 0. The van der Waals surface area contributed by atoms with Gasteiger partial charge in [-0.1, -0.05) is 13.8 Å². The molecule has 0 saturated carbocycles. The molecule has 0 radical (unpaired) electrons. The summed E-state index contributed by atoms with van der Waals surface area (Å²) in [5.74, 6) is 0.601. The van der Waals surface area contributed by atoms with E-state index in [1.54, 1.807) is 17.0 Å². The molecule has 5 heteroatoms. The standard InChI is InChI=1S/C11H19N3O2/c1-9(2)8-14-6-4-13-10(11(14)15)16-7-5-12-3/h4,6,9,12H,5,7-8H2,1-3H3. The van der Waals surface area contributed by atoms with Crippen molar-refractivity contribution in [1.82, 2.24) is 14.9 Å². The summed E-state index contributed by atoms with van der Waals surface area (Å²) in [6.45, 7) is 5.96. The van der Waals surface area contributed by atoms with E-state index in [4.69, 9.17) is 4.74 Å². The monoisotopic (exact) mass is 225 g/mol. The second kappa shape index (κ2) is 6.27. The summed E-state index contributed by atoms with van der Waals surface area (Å²) in [5, 5.41) is 2.94. The van der Waals surface area contributed by atoms with Crippen molar-refractivity contribution in [3.05, 3.63) is 22.7 Å². The van der Waals surface area contributed by atoms with Crippen LogP contribution < -0.4 is 15.6 Å². The van der Waals surface area contributed by atoms with E-state index >= 15 is 0 Å². The first kappa shape index (κ1) is 12.7. The zero-order chi connectivity index (χ0) is 12.0. The lowest BCUT2D eigenvalue weighted by Crippen LogP contribution is -2.26. The highest BCUT2D eigenvalue weighted by molar-refractivity contribution is 5.04. The lowest BCUT2D eigenvalue weighted by atomic mass is 10.2. The average Bonchev–Trinajstić information content (AvgIpc) is 2.23. The number of nitrogens with zero attached hydrogens (tertiary/aromatic N) is 2. The molecule has 1 aromatic rings.